The zero-order chi connectivity index (χ0) is 96.2. The van der Waals surface area contributed by atoms with Crippen molar-refractivity contribution >= 4 is 105 Å². The first kappa shape index (κ1) is 98.3. The molecule has 9 aromatic heterocycles. The molecule has 46 heteroatoms. The van der Waals surface area contributed by atoms with Gasteiger partial charge in [0, 0.05) is 190 Å². The third kappa shape index (κ3) is 25.0. The Balaban J connectivity index is 0.000000156. The van der Waals surface area contributed by atoms with Crippen LogP contribution in [0.3, 0.4) is 0 Å². The van der Waals surface area contributed by atoms with E-state index in [1.165, 1.54) is 118 Å². The molecule has 3 N–H and O–H groups in total. The first-order valence-electron chi connectivity index (χ1n) is 44.5. The maximum atomic E-state index is 13.4. The number of thioether (sulfide) groups is 3. The average molecular weight is 1940 g/mol. The zero-order valence-corrected chi connectivity index (χ0v) is 77.9. The van der Waals surface area contributed by atoms with Crippen LogP contribution in [-0.2, 0) is 38.8 Å². The standard InChI is InChI=1S/C31H33F2N9O3S.C30H35F2N9O4S.C30H33F2N9O3S/c1-46-22-3-4-26(45-31(32)33)23(15-22)28-25(37-30(44)24-17-36-42-10-2-9-35-29(24)42)18-41(38-28)19-27(43)40-13-7-21(8-14-40)39-11-5-20(16-34)6-12-39;1-46-21-3-4-25(45-30(31)32)22(17-21)27-24(35-29(43)23-18-34-41-6-2-5-33-28(23)41)19-40(36-27)20-26(42)39-11-9-37(10-12-39)7-8-38-13-15-44-16-14-38;1-38(12-4-3-10-33)20-8-14-39(15-9-20)26(42)19-40-18-24(36-29(43)23-17-35-41-13-5-11-34-28(23)41)27(37-40)22-16-21(45-2)6-7-25(22)44-30(31)32/h2-4,9-10,15,17-18,20-21,31H,5-8,11-14,19H2,1H3,(H,37,44);2-6,17-19,30H,7-16,20H2,1H3,(H,35,43);5-7,11,13,16-18,20,30H,3-4,8-9,12,14-15,19H2,1-2H3,(H,36,43). The summed E-state index contributed by atoms with van der Waals surface area (Å²) in [5.74, 6) is -2.21. The molecule has 14 heterocycles. The van der Waals surface area contributed by atoms with Crippen LogP contribution in [-0.4, -0.2) is 312 Å². The van der Waals surface area contributed by atoms with E-state index in [-0.39, 0.29) is 128 Å². The predicted octanol–water partition coefficient (Wildman–Crippen LogP) is 11.4. The number of nitrogens with zero attached hydrogens (tertiary/aromatic N) is 24. The van der Waals surface area contributed by atoms with Crippen molar-refractivity contribution in [2.24, 2.45) is 5.92 Å². The van der Waals surface area contributed by atoms with Gasteiger partial charge in [-0.1, -0.05) is 0 Å². The SMILES string of the molecule is CSc1ccc(OC(F)F)c(-c2nn(CC(=O)N3CCC(N(C)CCCC#N)CC3)cc2NC(=O)c2cnn3cccnc23)c1.CSc1ccc(OC(F)F)c(-c2nn(CC(=O)N3CCC(N4CCC(C#N)CC4)CC3)cc2NC(=O)c2cnn3cccnc23)c1.CSc1ccc(OC(F)F)c(-c2nn(CC(=O)N3CCN(CCN4CCOCC4)CC3)cc2NC(=O)c2cnn3cccnc23)c1. The molecule has 6 amide bonds. The van der Waals surface area contributed by atoms with Gasteiger partial charge in [0.2, 0.25) is 17.7 Å². The molecular weight excluding hydrogens is 1840 g/mol. The number of nitriles is 2. The van der Waals surface area contributed by atoms with Crippen molar-refractivity contribution in [2.45, 2.75) is 118 Å². The van der Waals surface area contributed by atoms with E-state index < -0.39 is 37.6 Å². The van der Waals surface area contributed by atoms with Crippen LogP contribution in [0.15, 0.2) is 162 Å². The quantitative estimate of drug-likeness (QED) is 0.0200. The first-order chi connectivity index (χ1) is 66.5. The van der Waals surface area contributed by atoms with Crippen molar-refractivity contribution in [2.75, 3.05) is 153 Å². The maximum absolute atomic E-state index is 13.4. The van der Waals surface area contributed by atoms with Gasteiger partial charge in [-0.25, -0.2) is 28.5 Å². The van der Waals surface area contributed by atoms with Crippen molar-refractivity contribution in [3.8, 4) is 63.2 Å². The zero-order valence-electron chi connectivity index (χ0n) is 75.4. The number of amides is 6. The lowest BCUT2D eigenvalue weighted by molar-refractivity contribution is -0.134. The molecule has 720 valence electrons. The highest BCUT2D eigenvalue weighted by Crippen LogP contribution is 2.42. The molecule has 12 aromatic rings. The molecule has 37 nitrogen and oxygen atoms in total. The van der Waals surface area contributed by atoms with Gasteiger partial charge in [-0.05, 0) is 163 Å². The molecule has 17 rings (SSSR count). The Morgan fingerprint density at radius 1 is 0.489 bits per heavy atom. The minimum atomic E-state index is -3.08. The average Bonchev–Trinajstić information content (AvgIpc) is 1.46. The Kier molecular flexibility index (Phi) is 33.4. The molecule has 0 saturated carbocycles. The van der Waals surface area contributed by atoms with Crippen molar-refractivity contribution in [3.63, 3.8) is 0 Å². The summed E-state index contributed by atoms with van der Waals surface area (Å²) in [5.41, 5.74) is 3.55. The topological polar surface area (TPSA) is 390 Å². The molecule has 0 bridgehead atoms. The molecule has 0 unspecified atom stereocenters. The highest BCUT2D eigenvalue weighted by Gasteiger charge is 2.35. The monoisotopic (exact) mass is 1940 g/mol. The molecule has 5 saturated heterocycles. The van der Waals surface area contributed by atoms with E-state index in [0.29, 0.717) is 74.7 Å². The van der Waals surface area contributed by atoms with E-state index in [0.717, 1.165) is 132 Å². The van der Waals surface area contributed by atoms with Crippen LogP contribution in [0.1, 0.15) is 82.4 Å². The number of alkyl halides is 6. The number of anilines is 3. The molecule has 0 aliphatic carbocycles. The van der Waals surface area contributed by atoms with E-state index >= 15 is 0 Å². The largest absolute Gasteiger partial charge is 0.434 e. The van der Waals surface area contributed by atoms with E-state index in [1.807, 2.05) is 30.7 Å². The lowest BCUT2D eigenvalue weighted by Gasteiger charge is -2.41. The minimum absolute atomic E-state index is 0.0951. The number of ether oxygens (including phenoxy) is 4. The third-order valence-corrected chi connectivity index (χ3v) is 26.5. The molecular formula is C91H101F6N27O10S3. The van der Waals surface area contributed by atoms with Gasteiger partial charge in [-0.2, -0.15) is 67.5 Å². The van der Waals surface area contributed by atoms with Gasteiger partial charge in [0.25, 0.3) is 17.7 Å². The summed E-state index contributed by atoms with van der Waals surface area (Å²) in [7, 11) is 2.04. The van der Waals surface area contributed by atoms with Crippen LogP contribution in [0.4, 0.5) is 43.4 Å². The predicted molar refractivity (Wildman–Crippen MR) is 498 cm³/mol. The number of carbonyl (C=O) groups excluding carboxylic acids is 6. The molecule has 5 aliphatic heterocycles. The summed E-state index contributed by atoms with van der Waals surface area (Å²) in [6.45, 7) is 3.50. The van der Waals surface area contributed by atoms with Gasteiger partial charge < -0.3 is 59.4 Å². The van der Waals surface area contributed by atoms with E-state index in [4.69, 9.17) is 24.2 Å². The molecule has 0 radical (unpaired) electrons. The summed E-state index contributed by atoms with van der Waals surface area (Å²) < 4.78 is 109. The number of hydrogen-bond donors (Lipinski definition) is 3. The van der Waals surface area contributed by atoms with Gasteiger partial charge in [-0.15, -0.1) is 35.3 Å². The van der Waals surface area contributed by atoms with Crippen LogP contribution >= 0.6 is 35.3 Å². The van der Waals surface area contributed by atoms with Gasteiger partial charge in [0.05, 0.1) is 61.0 Å². The number of piperidine rings is 3. The number of benzene rings is 3. The fourth-order valence-electron chi connectivity index (χ4n) is 17.0. The Labute approximate surface area is 796 Å². The third-order valence-electron chi connectivity index (χ3n) is 24.3. The lowest BCUT2D eigenvalue weighted by atomic mass is 9.94. The van der Waals surface area contributed by atoms with E-state index in [9.17, 15) is 60.4 Å². The summed E-state index contributed by atoms with van der Waals surface area (Å²) in [6, 6.07) is 24.6. The fraction of sp³-hybridized carbons (Fsp3) is 0.418. The summed E-state index contributed by atoms with van der Waals surface area (Å²) in [6.07, 6.45) is 30.3. The van der Waals surface area contributed by atoms with Crippen LogP contribution in [0.25, 0.3) is 50.7 Å². The van der Waals surface area contributed by atoms with Crippen LogP contribution in [0.5, 0.6) is 17.2 Å². The number of unbranched alkanes of at least 4 members (excludes halogenated alkanes) is 1. The van der Waals surface area contributed by atoms with Crippen molar-refractivity contribution < 1.29 is 74.1 Å². The number of halogens is 6. The second-order valence-electron chi connectivity index (χ2n) is 32.8. The van der Waals surface area contributed by atoms with Gasteiger partial charge in [0.1, 0.15) is 70.7 Å². The number of nitrogens with one attached hydrogen (secondary N) is 3. The maximum Gasteiger partial charge on any atom is 0.387 e. The lowest BCUT2D eigenvalue weighted by Crippen LogP contribution is -2.51. The smallest absolute Gasteiger partial charge is 0.387 e. The summed E-state index contributed by atoms with van der Waals surface area (Å²) in [4.78, 5) is 110. The van der Waals surface area contributed by atoms with E-state index in [1.54, 1.807) is 102 Å². The molecule has 5 aliphatic rings. The highest BCUT2D eigenvalue weighted by molar-refractivity contribution is 7.99. The fourth-order valence-corrected chi connectivity index (χ4v) is 18.4. The Hall–Kier alpha value is -13.2. The van der Waals surface area contributed by atoms with Crippen LogP contribution < -0.4 is 30.2 Å². The number of hydrogen-bond acceptors (Lipinski definition) is 28. The number of likely N-dealkylation sites (tertiary alicyclic amines) is 3. The normalized spacial score (nSPS) is 15.6. The minimum Gasteiger partial charge on any atom is -0.434 e. The number of morpholine rings is 1. The van der Waals surface area contributed by atoms with Gasteiger partial charge in [-0.3, -0.25) is 52.6 Å². The molecule has 0 atom stereocenters. The Morgan fingerprint density at radius 2 is 0.854 bits per heavy atom. The second kappa shape index (κ2) is 46.5. The first-order valence-corrected chi connectivity index (χ1v) is 48.1. The number of piperazine rings is 1. The molecule has 0 spiro atoms. The molecule has 3 aromatic carbocycles. The van der Waals surface area contributed by atoms with Crippen LogP contribution in [0.2, 0.25) is 0 Å². The summed E-state index contributed by atoms with van der Waals surface area (Å²) >= 11 is 4.23. The second-order valence-corrected chi connectivity index (χ2v) is 35.4. The Bertz CT molecular complexity index is 6300. The molecule has 5 fully saturated rings. The van der Waals surface area contributed by atoms with E-state index in [2.05, 4.69) is 93.2 Å². The van der Waals surface area contributed by atoms with Crippen molar-refractivity contribution in [1.82, 2.24) is 107 Å². The number of fused-ring (bicyclic) bond motifs is 3. The van der Waals surface area contributed by atoms with Gasteiger partial charge >= 0.3 is 19.8 Å². The number of carbonyl (C=O) groups is 6. The van der Waals surface area contributed by atoms with Crippen molar-refractivity contribution in [3.05, 3.63) is 164 Å². The van der Waals surface area contributed by atoms with Gasteiger partial charge in [0.15, 0.2) is 16.9 Å². The number of aromatic nitrogens is 15. The van der Waals surface area contributed by atoms with Crippen LogP contribution in [0, 0.1) is 28.6 Å². The molecule has 137 heavy (non-hydrogen) atoms. The number of rotatable bonds is 32. The Morgan fingerprint density at radius 3 is 1.21 bits per heavy atom. The van der Waals surface area contributed by atoms with Crippen molar-refractivity contribution in [1.29, 1.82) is 10.5 Å². The summed E-state index contributed by atoms with van der Waals surface area (Å²) in [5, 5.41) is 52.8. The highest BCUT2D eigenvalue weighted by atomic mass is 32.2.